The highest BCUT2D eigenvalue weighted by Crippen LogP contribution is 2.31. The van der Waals surface area contributed by atoms with Gasteiger partial charge in [-0.25, -0.2) is 9.78 Å². The molecule has 0 aliphatic carbocycles. The Kier molecular flexibility index (Phi) is 3.87. The molecule has 2 aromatic rings. The van der Waals surface area contributed by atoms with Crippen LogP contribution in [0.5, 0.6) is 17.4 Å². The van der Waals surface area contributed by atoms with E-state index in [0.717, 1.165) is 0 Å². The lowest BCUT2D eigenvalue weighted by Gasteiger charge is -2.10. The Labute approximate surface area is 114 Å². The molecule has 0 radical (unpaired) electrons. The summed E-state index contributed by atoms with van der Waals surface area (Å²) in [6.45, 7) is 0. The van der Waals surface area contributed by atoms with Crippen LogP contribution in [-0.2, 0) is 0 Å². The van der Waals surface area contributed by atoms with E-state index >= 15 is 0 Å². The summed E-state index contributed by atoms with van der Waals surface area (Å²) >= 11 is 5.90. The number of aromatic nitrogens is 1. The molecular formula is C13H10ClNO4. The SMILES string of the molecule is COc1ccc(Oc2ncccc2Cl)c(C(=O)O)c1. The van der Waals surface area contributed by atoms with Crippen LogP contribution in [0.3, 0.4) is 0 Å². The topological polar surface area (TPSA) is 68.7 Å². The second kappa shape index (κ2) is 5.58. The Morgan fingerprint density at radius 1 is 1.37 bits per heavy atom. The molecule has 0 saturated heterocycles. The van der Waals surface area contributed by atoms with Crippen LogP contribution in [0.1, 0.15) is 10.4 Å². The fourth-order valence-corrected chi connectivity index (χ4v) is 1.60. The first kappa shape index (κ1) is 13.2. The Morgan fingerprint density at radius 2 is 2.16 bits per heavy atom. The molecule has 0 aliphatic heterocycles. The second-order valence-corrected chi connectivity index (χ2v) is 3.97. The van der Waals surface area contributed by atoms with Gasteiger partial charge in [-0.05, 0) is 30.3 Å². The van der Waals surface area contributed by atoms with Gasteiger partial charge in [0.25, 0.3) is 0 Å². The van der Waals surface area contributed by atoms with Gasteiger partial charge in [0.1, 0.15) is 22.1 Å². The quantitative estimate of drug-likeness (QED) is 0.930. The highest BCUT2D eigenvalue weighted by Gasteiger charge is 2.15. The number of hydrogen-bond donors (Lipinski definition) is 1. The number of pyridine rings is 1. The molecule has 5 nitrogen and oxygen atoms in total. The molecule has 98 valence electrons. The van der Waals surface area contributed by atoms with Crippen LogP contribution in [0.2, 0.25) is 5.02 Å². The number of benzene rings is 1. The zero-order chi connectivity index (χ0) is 13.8. The lowest BCUT2D eigenvalue weighted by Crippen LogP contribution is -2.01. The van der Waals surface area contributed by atoms with Gasteiger partial charge in [0.2, 0.25) is 5.88 Å². The lowest BCUT2D eigenvalue weighted by molar-refractivity contribution is 0.0693. The fraction of sp³-hybridized carbons (Fsp3) is 0.0769. The van der Waals surface area contributed by atoms with Crippen molar-refractivity contribution in [1.82, 2.24) is 4.98 Å². The van der Waals surface area contributed by atoms with Crippen molar-refractivity contribution in [2.24, 2.45) is 0 Å². The standard InChI is InChI=1S/C13H10ClNO4/c1-18-8-4-5-11(9(7-8)13(16)17)19-12-10(14)3-2-6-15-12/h2-7H,1H3,(H,16,17). The first-order chi connectivity index (χ1) is 9.11. The Morgan fingerprint density at radius 3 is 2.79 bits per heavy atom. The maximum absolute atomic E-state index is 11.2. The van der Waals surface area contributed by atoms with Crippen LogP contribution < -0.4 is 9.47 Å². The molecule has 0 spiro atoms. The molecule has 1 N–H and O–H groups in total. The van der Waals surface area contributed by atoms with Gasteiger partial charge in [0.15, 0.2) is 0 Å². The molecule has 0 fully saturated rings. The average Bonchev–Trinajstić information content (AvgIpc) is 2.41. The van der Waals surface area contributed by atoms with Gasteiger partial charge in [0, 0.05) is 6.20 Å². The number of methoxy groups -OCH3 is 1. The maximum Gasteiger partial charge on any atom is 0.339 e. The Hall–Kier alpha value is -2.27. The number of halogens is 1. The predicted octanol–water partition coefficient (Wildman–Crippen LogP) is 3.23. The maximum atomic E-state index is 11.2. The minimum Gasteiger partial charge on any atom is -0.497 e. The third kappa shape index (κ3) is 2.95. The molecule has 19 heavy (non-hydrogen) atoms. The van der Waals surface area contributed by atoms with Crippen molar-refractivity contribution < 1.29 is 19.4 Å². The fourth-order valence-electron chi connectivity index (χ4n) is 1.44. The van der Waals surface area contributed by atoms with Gasteiger partial charge in [-0.2, -0.15) is 0 Å². The molecule has 0 atom stereocenters. The molecule has 0 bridgehead atoms. The van der Waals surface area contributed by atoms with Crippen molar-refractivity contribution in [3.63, 3.8) is 0 Å². The number of carboxylic acid groups (broad SMARTS) is 1. The molecular weight excluding hydrogens is 270 g/mol. The Balaban J connectivity index is 2.40. The molecule has 1 aromatic carbocycles. The van der Waals surface area contributed by atoms with E-state index in [1.165, 1.54) is 25.4 Å². The van der Waals surface area contributed by atoms with Crippen LogP contribution >= 0.6 is 11.6 Å². The normalized spacial score (nSPS) is 10.0. The summed E-state index contributed by atoms with van der Waals surface area (Å²) < 4.78 is 10.4. The number of hydrogen-bond acceptors (Lipinski definition) is 4. The first-order valence-corrected chi connectivity index (χ1v) is 5.69. The van der Waals surface area contributed by atoms with Crippen LogP contribution in [0.25, 0.3) is 0 Å². The van der Waals surface area contributed by atoms with Gasteiger partial charge in [-0.1, -0.05) is 11.6 Å². The van der Waals surface area contributed by atoms with Crippen LogP contribution in [0.15, 0.2) is 36.5 Å². The van der Waals surface area contributed by atoms with Gasteiger partial charge < -0.3 is 14.6 Å². The van der Waals surface area contributed by atoms with E-state index in [4.69, 9.17) is 26.2 Å². The van der Waals surface area contributed by atoms with Crippen molar-refractivity contribution in [3.05, 3.63) is 47.1 Å². The number of nitrogens with zero attached hydrogens (tertiary/aromatic N) is 1. The summed E-state index contributed by atoms with van der Waals surface area (Å²) in [5.74, 6) is -0.399. The molecule has 0 aliphatic rings. The smallest absolute Gasteiger partial charge is 0.339 e. The van der Waals surface area contributed by atoms with Crippen LogP contribution in [0, 0.1) is 0 Å². The van der Waals surface area contributed by atoms with Crippen molar-refractivity contribution in [1.29, 1.82) is 0 Å². The molecule has 0 amide bonds. The van der Waals surface area contributed by atoms with Crippen molar-refractivity contribution >= 4 is 17.6 Å². The van der Waals surface area contributed by atoms with E-state index in [1.54, 1.807) is 18.2 Å². The van der Waals surface area contributed by atoms with E-state index in [9.17, 15) is 4.79 Å². The summed E-state index contributed by atoms with van der Waals surface area (Å²) in [5, 5.41) is 9.44. The average molecular weight is 280 g/mol. The van der Waals surface area contributed by atoms with E-state index in [0.29, 0.717) is 10.8 Å². The summed E-state index contributed by atoms with van der Waals surface area (Å²) in [6.07, 6.45) is 1.51. The number of aromatic carboxylic acids is 1. The highest BCUT2D eigenvalue weighted by molar-refractivity contribution is 6.31. The van der Waals surface area contributed by atoms with Crippen molar-refractivity contribution in [2.75, 3.05) is 7.11 Å². The predicted molar refractivity (Wildman–Crippen MR) is 69.3 cm³/mol. The van der Waals surface area contributed by atoms with Crippen LogP contribution in [-0.4, -0.2) is 23.2 Å². The van der Waals surface area contributed by atoms with Gasteiger partial charge in [0.05, 0.1) is 7.11 Å². The van der Waals surface area contributed by atoms with E-state index < -0.39 is 5.97 Å². The number of ether oxygens (including phenoxy) is 2. The molecule has 0 unspecified atom stereocenters. The molecule has 1 heterocycles. The molecule has 2 rings (SSSR count). The van der Waals surface area contributed by atoms with E-state index in [-0.39, 0.29) is 17.2 Å². The number of rotatable bonds is 4. The first-order valence-electron chi connectivity index (χ1n) is 5.31. The summed E-state index contributed by atoms with van der Waals surface area (Å²) in [4.78, 5) is 15.1. The van der Waals surface area contributed by atoms with E-state index in [2.05, 4.69) is 4.98 Å². The summed E-state index contributed by atoms with van der Waals surface area (Å²) in [5.41, 5.74) is -0.0268. The Bertz CT molecular complexity index is 615. The van der Waals surface area contributed by atoms with Crippen molar-refractivity contribution in [3.8, 4) is 17.4 Å². The van der Waals surface area contributed by atoms with Gasteiger partial charge >= 0.3 is 5.97 Å². The number of carboxylic acids is 1. The zero-order valence-corrected chi connectivity index (χ0v) is 10.7. The minimum atomic E-state index is -1.12. The third-order valence-electron chi connectivity index (χ3n) is 2.35. The van der Waals surface area contributed by atoms with Crippen LogP contribution in [0.4, 0.5) is 0 Å². The van der Waals surface area contributed by atoms with Gasteiger partial charge in [-0.3, -0.25) is 0 Å². The summed E-state index contributed by atoms with van der Waals surface area (Å²) in [7, 11) is 1.46. The van der Waals surface area contributed by atoms with E-state index in [1.807, 2.05) is 0 Å². The molecule has 6 heteroatoms. The van der Waals surface area contributed by atoms with Crippen molar-refractivity contribution in [2.45, 2.75) is 0 Å². The number of carbonyl (C=O) groups is 1. The minimum absolute atomic E-state index is 0.0268. The zero-order valence-electron chi connectivity index (χ0n) is 9.96. The second-order valence-electron chi connectivity index (χ2n) is 3.56. The lowest BCUT2D eigenvalue weighted by atomic mass is 10.2. The largest absolute Gasteiger partial charge is 0.497 e. The van der Waals surface area contributed by atoms with Gasteiger partial charge in [-0.15, -0.1) is 0 Å². The molecule has 1 aromatic heterocycles. The molecule has 0 saturated carbocycles. The summed E-state index contributed by atoms with van der Waals surface area (Å²) in [6, 6.07) is 7.72. The third-order valence-corrected chi connectivity index (χ3v) is 2.64. The highest BCUT2D eigenvalue weighted by atomic mass is 35.5. The monoisotopic (exact) mass is 279 g/mol.